The van der Waals surface area contributed by atoms with Crippen LogP contribution in [-0.2, 0) is 22.7 Å². The molecule has 9 nitrogen and oxygen atoms in total. The molecule has 0 radical (unpaired) electrons. The van der Waals surface area contributed by atoms with Gasteiger partial charge in [0.05, 0.1) is 12.1 Å². The molecule has 12 heteroatoms. The molecule has 2 aliphatic heterocycles. The fraction of sp³-hybridized carbons (Fsp3) is 0.450. The van der Waals surface area contributed by atoms with Crippen molar-refractivity contribution < 1.29 is 32.7 Å². The number of carboxylic acids is 1. The van der Waals surface area contributed by atoms with Gasteiger partial charge in [0, 0.05) is 63.3 Å². The number of nitrogens with zero attached hydrogens (tertiary/aromatic N) is 5. The predicted molar refractivity (Wildman–Crippen MR) is 104 cm³/mol. The first-order chi connectivity index (χ1) is 15.1. The number of pyridine rings is 1. The van der Waals surface area contributed by atoms with Crippen molar-refractivity contribution in [1.29, 1.82) is 0 Å². The van der Waals surface area contributed by atoms with Crippen LogP contribution in [0.1, 0.15) is 29.0 Å². The summed E-state index contributed by atoms with van der Waals surface area (Å²) in [5.74, 6) is -1.50. The third-order valence-corrected chi connectivity index (χ3v) is 5.16. The van der Waals surface area contributed by atoms with E-state index in [-0.39, 0.29) is 17.7 Å². The number of rotatable bonds is 3. The molecule has 2 amide bonds. The third-order valence-electron chi connectivity index (χ3n) is 5.16. The zero-order valence-electron chi connectivity index (χ0n) is 17.0. The molecule has 172 valence electrons. The van der Waals surface area contributed by atoms with Gasteiger partial charge >= 0.3 is 12.1 Å². The van der Waals surface area contributed by atoms with E-state index >= 15 is 0 Å². The van der Waals surface area contributed by atoms with Crippen molar-refractivity contribution in [2.24, 2.45) is 5.92 Å². The van der Waals surface area contributed by atoms with Crippen molar-refractivity contribution in [3.63, 3.8) is 0 Å². The van der Waals surface area contributed by atoms with E-state index in [0.717, 1.165) is 25.3 Å². The Labute approximate surface area is 181 Å². The number of aromatic nitrogens is 3. The van der Waals surface area contributed by atoms with Gasteiger partial charge in [-0.25, -0.2) is 9.78 Å². The number of aliphatic carboxylic acids is 1. The summed E-state index contributed by atoms with van der Waals surface area (Å²) in [6.07, 6.45) is 3.46. The molecule has 0 saturated carbocycles. The minimum absolute atomic E-state index is 0.0395. The van der Waals surface area contributed by atoms with E-state index in [4.69, 9.17) is 9.90 Å². The standard InChI is InChI=1S/C18H21N5O2.C2HF3O2/c24-17-4-2-7-22(17)11-14-10-21-8-6-20-16(21)13-23(12-14)18(25)15-3-1-5-19-9-15;3-2(4,5)1(6)7/h1,3,5-6,8-9,14H,2,4,7,10-13H2;(H,6,7). The van der Waals surface area contributed by atoms with Crippen molar-refractivity contribution in [3.8, 4) is 0 Å². The first kappa shape index (κ1) is 23.2. The third kappa shape index (κ3) is 5.83. The molecular weight excluding hydrogens is 431 g/mol. The van der Waals surface area contributed by atoms with Gasteiger partial charge in [0.2, 0.25) is 5.91 Å². The molecule has 2 aliphatic rings. The van der Waals surface area contributed by atoms with Gasteiger partial charge < -0.3 is 19.5 Å². The summed E-state index contributed by atoms with van der Waals surface area (Å²) in [5.41, 5.74) is 0.582. The lowest BCUT2D eigenvalue weighted by molar-refractivity contribution is -0.192. The largest absolute Gasteiger partial charge is 0.490 e. The molecule has 0 spiro atoms. The van der Waals surface area contributed by atoms with Crippen molar-refractivity contribution in [1.82, 2.24) is 24.3 Å². The molecule has 4 rings (SSSR count). The van der Waals surface area contributed by atoms with Gasteiger partial charge in [-0.2, -0.15) is 13.2 Å². The van der Waals surface area contributed by atoms with Crippen LogP contribution in [0.3, 0.4) is 0 Å². The number of carbonyl (C=O) groups excluding carboxylic acids is 2. The van der Waals surface area contributed by atoms with Crippen LogP contribution in [0.4, 0.5) is 13.2 Å². The number of carbonyl (C=O) groups is 3. The first-order valence-corrected chi connectivity index (χ1v) is 9.92. The SMILES string of the molecule is O=C(O)C(F)(F)F.O=C1CCCN1CC1CN(C(=O)c2cccnc2)Cc2nccn2C1. The van der Waals surface area contributed by atoms with Crippen molar-refractivity contribution in [2.75, 3.05) is 19.6 Å². The number of hydrogen-bond donors (Lipinski definition) is 1. The van der Waals surface area contributed by atoms with E-state index in [1.807, 2.05) is 16.0 Å². The smallest absolute Gasteiger partial charge is 0.475 e. The Balaban J connectivity index is 0.000000360. The van der Waals surface area contributed by atoms with Crippen LogP contribution in [0.2, 0.25) is 0 Å². The van der Waals surface area contributed by atoms with Crippen molar-refractivity contribution >= 4 is 17.8 Å². The number of fused-ring (bicyclic) bond motifs is 1. The minimum Gasteiger partial charge on any atom is -0.475 e. The maximum Gasteiger partial charge on any atom is 0.490 e. The Kier molecular flexibility index (Phi) is 7.11. The maximum atomic E-state index is 12.9. The van der Waals surface area contributed by atoms with Crippen LogP contribution in [0.5, 0.6) is 0 Å². The zero-order chi connectivity index (χ0) is 23.3. The lowest BCUT2D eigenvalue weighted by atomic mass is 10.1. The van der Waals surface area contributed by atoms with E-state index in [0.29, 0.717) is 31.6 Å². The van der Waals surface area contributed by atoms with Gasteiger partial charge in [-0.3, -0.25) is 14.6 Å². The predicted octanol–water partition coefficient (Wildman–Crippen LogP) is 1.81. The van der Waals surface area contributed by atoms with Crippen LogP contribution in [0.15, 0.2) is 36.9 Å². The Bertz CT molecular complexity index is 964. The number of likely N-dealkylation sites (tertiary alicyclic amines) is 1. The van der Waals surface area contributed by atoms with Gasteiger partial charge in [0.25, 0.3) is 5.91 Å². The molecule has 0 bridgehead atoms. The van der Waals surface area contributed by atoms with Crippen molar-refractivity contribution in [2.45, 2.75) is 32.1 Å². The lowest BCUT2D eigenvalue weighted by Crippen LogP contribution is -2.39. The minimum atomic E-state index is -5.08. The number of imidazole rings is 1. The highest BCUT2D eigenvalue weighted by Crippen LogP contribution is 2.21. The van der Waals surface area contributed by atoms with Crippen LogP contribution < -0.4 is 0 Å². The number of amides is 2. The Morgan fingerprint density at radius 1 is 1.22 bits per heavy atom. The second kappa shape index (κ2) is 9.79. The number of hydrogen-bond acceptors (Lipinski definition) is 5. The Morgan fingerprint density at radius 3 is 2.56 bits per heavy atom. The van der Waals surface area contributed by atoms with Gasteiger partial charge in [-0.15, -0.1) is 0 Å². The van der Waals surface area contributed by atoms with Crippen LogP contribution >= 0.6 is 0 Å². The average Bonchev–Trinajstić information content (AvgIpc) is 3.31. The molecule has 0 aliphatic carbocycles. The lowest BCUT2D eigenvalue weighted by Gasteiger charge is -2.27. The summed E-state index contributed by atoms with van der Waals surface area (Å²) in [6.45, 7) is 3.37. The fourth-order valence-corrected chi connectivity index (χ4v) is 3.69. The van der Waals surface area contributed by atoms with E-state index in [9.17, 15) is 22.8 Å². The summed E-state index contributed by atoms with van der Waals surface area (Å²) >= 11 is 0. The molecule has 32 heavy (non-hydrogen) atoms. The highest BCUT2D eigenvalue weighted by molar-refractivity contribution is 5.93. The Hall–Kier alpha value is -3.44. The molecule has 2 aromatic rings. The Morgan fingerprint density at radius 2 is 1.97 bits per heavy atom. The number of alkyl halides is 3. The van der Waals surface area contributed by atoms with E-state index in [2.05, 4.69) is 14.5 Å². The highest BCUT2D eigenvalue weighted by Gasteiger charge is 2.38. The molecule has 1 fully saturated rings. The zero-order valence-corrected chi connectivity index (χ0v) is 17.0. The second-order valence-electron chi connectivity index (χ2n) is 7.54. The molecule has 2 aromatic heterocycles. The highest BCUT2D eigenvalue weighted by atomic mass is 19.4. The normalized spacial score (nSPS) is 18.5. The molecule has 1 unspecified atom stereocenters. The summed E-state index contributed by atoms with van der Waals surface area (Å²) in [7, 11) is 0. The topological polar surface area (TPSA) is 109 Å². The van der Waals surface area contributed by atoms with Gasteiger partial charge in [0.15, 0.2) is 0 Å². The summed E-state index contributed by atoms with van der Waals surface area (Å²) < 4.78 is 33.8. The first-order valence-electron chi connectivity index (χ1n) is 9.92. The molecule has 4 heterocycles. The van der Waals surface area contributed by atoms with Crippen LogP contribution in [0.25, 0.3) is 0 Å². The van der Waals surface area contributed by atoms with E-state index < -0.39 is 12.1 Å². The number of carboxylic acid groups (broad SMARTS) is 1. The number of halogens is 3. The summed E-state index contributed by atoms with van der Waals surface area (Å²) in [4.78, 5) is 46.0. The van der Waals surface area contributed by atoms with Crippen LogP contribution in [-0.4, -0.2) is 73.0 Å². The molecule has 1 atom stereocenters. The van der Waals surface area contributed by atoms with E-state index in [1.54, 1.807) is 30.7 Å². The van der Waals surface area contributed by atoms with E-state index in [1.165, 1.54) is 0 Å². The van der Waals surface area contributed by atoms with Crippen molar-refractivity contribution in [3.05, 3.63) is 48.3 Å². The molecule has 1 N–H and O–H groups in total. The van der Waals surface area contributed by atoms with Crippen LogP contribution in [0, 0.1) is 5.92 Å². The van der Waals surface area contributed by atoms with Gasteiger partial charge in [-0.05, 0) is 18.6 Å². The quantitative estimate of drug-likeness (QED) is 0.759. The van der Waals surface area contributed by atoms with Gasteiger partial charge in [0.1, 0.15) is 5.82 Å². The summed E-state index contributed by atoms with van der Waals surface area (Å²) in [5, 5.41) is 7.12. The fourth-order valence-electron chi connectivity index (χ4n) is 3.69. The molecule has 1 saturated heterocycles. The van der Waals surface area contributed by atoms with Gasteiger partial charge in [-0.1, -0.05) is 0 Å². The second-order valence-corrected chi connectivity index (χ2v) is 7.54. The summed E-state index contributed by atoms with van der Waals surface area (Å²) in [6, 6.07) is 3.55. The average molecular weight is 453 g/mol. The monoisotopic (exact) mass is 453 g/mol. The maximum absolute atomic E-state index is 12.9. The molecular formula is C20H22F3N5O4. The molecule has 0 aromatic carbocycles.